The van der Waals surface area contributed by atoms with Crippen molar-refractivity contribution in [3.8, 4) is 11.5 Å². The third kappa shape index (κ3) is 4.85. The Morgan fingerprint density at radius 2 is 1.58 bits per heavy atom. The van der Waals surface area contributed by atoms with Crippen molar-refractivity contribution in [3.63, 3.8) is 0 Å². The molecular weight excluding hydrogens is 470 g/mol. The van der Waals surface area contributed by atoms with Crippen LogP contribution in [0.2, 0.25) is 0 Å². The van der Waals surface area contributed by atoms with Gasteiger partial charge in [-0.3, -0.25) is 14.4 Å². The highest BCUT2D eigenvalue weighted by Crippen LogP contribution is 2.34. The Bertz CT molecular complexity index is 1020. The van der Waals surface area contributed by atoms with Gasteiger partial charge in [0, 0.05) is 16.2 Å². The molecule has 0 radical (unpaired) electrons. The van der Waals surface area contributed by atoms with Crippen molar-refractivity contribution in [2.45, 2.75) is 13.8 Å². The zero-order chi connectivity index (χ0) is 22.5. The van der Waals surface area contributed by atoms with E-state index >= 15 is 0 Å². The monoisotopic (exact) mass is 489 g/mol. The van der Waals surface area contributed by atoms with Crippen molar-refractivity contribution in [2.24, 2.45) is 0 Å². The summed E-state index contributed by atoms with van der Waals surface area (Å²) < 4.78 is 11.8. The average molecular weight is 490 g/mol. The van der Waals surface area contributed by atoms with E-state index in [9.17, 15) is 19.2 Å². The predicted octanol–water partition coefficient (Wildman–Crippen LogP) is 3.18. The fourth-order valence-corrected chi connectivity index (χ4v) is 3.19. The maximum Gasteiger partial charge on any atom is 0.339 e. The molecule has 0 spiro atoms. The maximum atomic E-state index is 12.8. The van der Waals surface area contributed by atoms with Crippen molar-refractivity contribution in [2.75, 3.05) is 30.0 Å². The number of hydrogen-bond acceptors (Lipinski definition) is 6. The number of amides is 5. The Morgan fingerprint density at radius 1 is 0.935 bits per heavy atom. The molecule has 162 valence electrons. The van der Waals surface area contributed by atoms with Crippen LogP contribution in [0.1, 0.15) is 13.8 Å². The first-order valence-corrected chi connectivity index (χ1v) is 10.3. The van der Waals surface area contributed by atoms with E-state index in [0.29, 0.717) is 40.2 Å². The Kier molecular flexibility index (Phi) is 6.91. The molecule has 2 aromatic rings. The highest BCUT2D eigenvalue weighted by atomic mass is 79.9. The van der Waals surface area contributed by atoms with E-state index in [1.54, 1.807) is 37.3 Å². The summed E-state index contributed by atoms with van der Waals surface area (Å²) in [6, 6.07) is 10.3. The fraction of sp³-hybridized carbons (Fsp3) is 0.238. The van der Waals surface area contributed by atoms with Crippen molar-refractivity contribution in [3.05, 3.63) is 46.9 Å². The number of imide groups is 2. The normalized spacial score (nSPS) is 13.6. The summed E-state index contributed by atoms with van der Waals surface area (Å²) in [5, 5.41) is 2.58. The van der Waals surface area contributed by atoms with E-state index in [0.717, 1.165) is 4.47 Å². The average Bonchev–Trinajstić information content (AvgIpc) is 2.95. The molecule has 1 aliphatic rings. The molecule has 31 heavy (non-hydrogen) atoms. The molecule has 0 unspecified atom stereocenters. The summed E-state index contributed by atoms with van der Waals surface area (Å²) in [5.41, 5.74) is 0.634. The van der Waals surface area contributed by atoms with E-state index in [-0.39, 0.29) is 5.69 Å². The van der Waals surface area contributed by atoms with Gasteiger partial charge in [-0.25, -0.2) is 14.6 Å². The van der Waals surface area contributed by atoms with Crippen molar-refractivity contribution < 1.29 is 28.7 Å². The molecule has 5 amide bonds. The quantitative estimate of drug-likeness (QED) is 0.450. The molecule has 1 aliphatic heterocycles. The molecule has 9 nitrogen and oxygen atoms in total. The fourth-order valence-electron chi connectivity index (χ4n) is 2.93. The van der Waals surface area contributed by atoms with Gasteiger partial charge in [-0.15, -0.1) is 0 Å². The molecule has 1 N–H and O–H groups in total. The first-order valence-electron chi connectivity index (χ1n) is 9.50. The number of rotatable bonds is 8. The van der Waals surface area contributed by atoms with Gasteiger partial charge in [0.2, 0.25) is 5.91 Å². The summed E-state index contributed by atoms with van der Waals surface area (Å²) in [6.45, 7) is 3.75. The zero-order valence-electron chi connectivity index (χ0n) is 16.9. The molecule has 1 fully saturated rings. The van der Waals surface area contributed by atoms with Crippen molar-refractivity contribution in [1.82, 2.24) is 4.90 Å². The number of carbonyl (C=O) groups is 4. The summed E-state index contributed by atoms with van der Waals surface area (Å²) >= 11 is 3.29. The van der Waals surface area contributed by atoms with Gasteiger partial charge < -0.3 is 14.8 Å². The number of hydrogen-bond donors (Lipinski definition) is 1. The number of anilines is 2. The number of carbonyl (C=O) groups excluding carboxylic acids is 4. The third-order valence-electron chi connectivity index (χ3n) is 4.27. The number of nitrogens with zero attached hydrogens (tertiary/aromatic N) is 2. The van der Waals surface area contributed by atoms with Crippen LogP contribution in [0.5, 0.6) is 11.5 Å². The van der Waals surface area contributed by atoms with Crippen molar-refractivity contribution in [1.29, 1.82) is 0 Å². The van der Waals surface area contributed by atoms with Crippen LogP contribution in [0.4, 0.5) is 16.2 Å². The van der Waals surface area contributed by atoms with Gasteiger partial charge >= 0.3 is 17.8 Å². The standard InChI is InChI=1S/C21H20BrN3O6/c1-3-30-16-10-9-15(11-17(16)31-4-2)25-20(28)19(27)24(21(25)29)12-18(26)23-14-7-5-13(22)6-8-14/h5-11H,3-4,12H2,1-2H3,(H,23,26). The van der Waals surface area contributed by atoms with Gasteiger partial charge in [-0.05, 0) is 50.2 Å². The minimum Gasteiger partial charge on any atom is -0.490 e. The first-order chi connectivity index (χ1) is 14.8. The number of halogens is 1. The number of urea groups is 1. The highest BCUT2D eigenvalue weighted by Gasteiger charge is 2.46. The van der Waals surface area contributed by atoms with E-state index < -0.39 is 30.3 Å². The molecular formula is C21H20BrN3O6. The maximum absolute atomic E-state index is 12.8. The van der Waals surface area contributed by atoms with Gasteiger partial charge in [0.1, 0.15) is 6.54 Å². The first kappa shape index (κ1) is 22.3. The SMILES string of the molecule is CCOc1ccc(N2C(=O)C(=O)N(CC(=O)Nc3ccc(Br)cc3)C2=O)cc1OCC. The molecule has 0 saturated carbocycles. The zero-order valence-corrected chi connectivity index (χ0v) is 18.5. The van der Waals surface area contributed by atoms with Gasteiger partial charge in [0.15, 0.2) is 11.5 Å². The van der Waals surface area contributed by atoms with Gasteiger partial charge in [-0.1, -0.05) is 15.9 Å². The van der Waals surface area contributed by atoms with Crippen LogP contribution in [0.3, 0.4) is 0 Å². The Labute approximate surface area is 187 Å². The van der Waals surface area contributed by atoms with Crippen LogP contribution in [0.25, 0.3) is 0 Å². The molecule has 10 heteroatoms. The summed E-state index contributed by atoms with van der Waals surface area (Å²) in [4.78, 5) is 51.3. The third-order valence-corrected chi connectivity index (χ3v) is 4.80. The molecule has 0 bridgehead atoms. The van der Waals surface area contributed by atoms with E-state index in [4.69, 9.17) is 9.47 Å². The van der Waals surface area contributed by atoms with E-state index in [1.807, 2.05) is 6.92 Å². The van der Waals surface area contributed by atoms with Crippen LogP contribution in [-0.4, -0.2) is 48.4 Å². The largest absolute Gasteiger partial charge is 0.490 e. The molecule has 1 saturated heterocycles. The lowest BCUT2D eigenvalue weighted by Gasteiger charge is -2.17. The molecule has 0 aliphatic carbocycles. The van der Waals surface area contributed by atoms with Crippen LogP contribution in [0, 0.1) is 0 Å². The Balaban J connectivity index is 1.78. The lowest BCUT2D eigenvalue weighted by atomic mass is 10.2. The number of ether oxygens (including phenoxy) is 2. The Morgan fingerprint density at radius 3 is 2.23 bits per heavy atom. The molecule has 0 aromatic heterocycles. The summed E-state index contributed by atoms with van der Waals surface area (Å²) in [7, 11) is 0. The van der Waals surface area contributed by atoms with Crippen LogP contribution >= 0.6 is 15.9 Å². The molecule has 2 aromatic carbocycles. The van der Waals surface area contributed by atoms with Gasteiger partial charge in [0.05, 0.1) is 18.9 Å². The minimum atomic E-state index is -1.08. The number of nitrogens with one attached hydrogen (secondary N) is 1. The minimum absolute atomic E-state index is 0.145. The highest BCUT2D eigenvalue weighted by molar-refractivity contribution is 9.10. The second kappa shape index (κ2) is 9.61. The smallest absolute Gasteiger partial charge is 0.339 e. The van der Waals surface area contributed by atoms with Crippen molar-refractivity contribution >= 4 is 51.1 Å². The molecule has 0 atom stereocenters. The molecule has 1 heterocycles. The Hall–Kier alpha value is -3.40. The summed E-state index contributed by atoms with van der Waals surface area (Å²) in [5.74, 6) is -1.96. The molecule has 3 rings (SSSR count). The van der Waals surface area contributed by atoms with E-state index in [1.165, 1.54) is 12.1 Å². The van der Waals surface area contributed by atoms with Crippen LogP contribution in [-0.2, 0) is 14.4 Å². The van der Waals surface area contributed by atoms with Gasteiger partial charge in [0.25, 0.3) is 0 Å². The lowest BCUT2D eigenvalue weighted by Crippen LogP contribution is -2.39. The number of benzene rings is 2. The second-order valence-electron chi connectivity index (χ2n) is 6.37. The summed E-state index contributed by atoms with van der Waals surface area (Å²) in [6.07, 6.45) is 0. The van der Waals surface area contributed by atoms with E-state index in [2.05, 4.69) is 21.2 Å². The van der Waals surface area contributed by atoms with Gasteiger partial charge in [-0.2, -0.15) is 0 Å². The topological polar surface area (TPSA) is 105 Å². The second-order valence-corrected chi connectivity index (χ2v) is 7.28. The predicted molar refractivity (Wildman–Crippen MR) is 116 cm³/mol. The van der Waals surface area contributed by atoms with Crippen LogP contribution < -0.4 is 19.7 Å². The lowest BCUT2D eigenvalue weighted by molar-refractivity contribution is -0.140. The van der Waals surface area contributed by atoms with Crippen LogP contribution in [0.15, 0.2) is 46.9 Å².